The molecule has 2 aromatic heterocycles. The smallest absolute Gasteiger partial charge is 0.410 e. The molecule has 1 aliphatic heterocycles. The van der Waals surface area contributed by atoms with E-state index in [2.05, 4.69) is 27.0 Å². The Balaban J connectivity index is 1.19. The molecule has 0 atom stereocenters. The summed E-state index contributed by atoms with van der Waals surface area (Å²) < 4.78 is 5.60. The van der Waals surface area contributed by atoms with Gasteiger partial charge in [0, 0.05) is 56.5 Å². The van der Waals surface area contributed by atoms with Crippen molar-refractivity contribution in [2.24, 2.45) is 0 Å². The summed E-state index contributed by atoms with van der Waals surface area (Å²) in [6.07, 6.45) is 6.22. The van der Waals surface area contributed by atoms with Crippen molar-refractivity contribution in [3.05, 3.63) is 89.5 Å². The van der Waals surface area contributed by atoms with Crippen LogP contribution in [0.15, 0.2) is 67.0 Å². The van der Waals surface area contributed by atoms with Gasteiger partial charge in [0.2, 0.25) is 0 Å². The number of carbonyl (C=O) groups excluding carboxylic acids is 1. The molecule has 0 radical (unpaired) electrons. The van der Waals surface area contributed by atoms with Crippen molar-refractivity contribution < 1.29 is 9.53 Å². The van der Waals surface area contributed by atoms with Crippen LogP contribution in [0.3, 0.4) is 0 Å². The fraction of sp³-hybridized carbons (Fsp3) is 0.346. The maximum Gasteiger partial charge on any atom is 0.415 e. The molecule has 4 rings (SSSR count). The Morgan fingerprint density at radius 1 is 0.906 bits per heavy atom. The monoisotopic (exact) mass is 430 g/mol. The first-order valence-corrected chi connectivity index (χ1v) is 11.3. The minimum Gasteiger partial charge on any atom is -0.410 e. The van der Waals surface area contributed by atoms with Crippen LogP contribution < -0.4 is 4.74 Å². The van der Waals surface area contributed by atoms with Gasteiger partial charge >= 0.3 is 6.09 Å². The zero-order valence-electron chi connectivity index (χ0n) is 18.6. The van der Waals surface area contributed by atoms with Gasteiger partial charge in [-0.3, -0.25) is 14.9 Å². The lowest BCUT2D eigenvalue weighted by atomic mass is 10.1. The van der Waals surface area contributed by atoms with Crippen molar-refractivity contribution >= 4 is 6.09 Å². The molecule has 3 aromatic rings. The number of ether oxygens (including phenoxy) is 1. The van der Waals surface area contributed by atoms with Crippen LogP contribution in [0.1, 0.15) is 22.5 Å². The van der Waals surface area contributed by atoms with Crippen molar-refractivity contribution in [3.63, 3.8) is 0 Å². The molecule has 1 amide bonds. The van der Waals surface area contributed by atoms with E-state index in [0.29, 0.717) is 18.8 Å². The Hall–Kier alpha value is -3.25. The van der Waals surface area contributed by atoms with Crippen LogP contribution in [0, 0.1) is 6.92 Å². The summed E-state index contributed by atoms with van der Waals surface area (Å²) in [4.78, 5) is 25.4. The summed E-state index contributed by atoms with van der Waals surface area (Å²) in [5.41, 5.74) is 4.59. The Bertz CT molecular complexity index is 1000. The third-order valence-corrected chi connectivity index (χ3v) is 5.81. The Kier molecular flexibility index (Phi) is 7.46. The number of aromatic nitrogens is 2. The van der Waals surface area contributed by atoms with Gasteiger partial charge in [0.15, 0.2) is 0 Å². The number of piperazine rings is 1. The topological polar surface area (TPSA) is 58.6 Å². The summed E-state index contributed by atoms with van der Waals surface area (Å²) in [5, 5.41) is 0. The number of aryl methyl sites for hydroxylation is 3. The van der Waals surface area contributed by atoms with E-state index in [0.717, 1.165) is 50.3 Å². The minimum absolute atomic E-state index is 0.270. The normalized spacial score (nSPS) is 14.3. The van der Waals surface area contributed by atoms with Crippen molar-refractivity contribution in [2.75, 3.05) is 32.7 Å². The summed E-state index contributed by atoms with van der Waals surface area (Å²) in [6, 6.07) is 18.0. The molecule has 1 aromatic carbocycles. The van der Waals surface area contributed by atoms with E-state index in [1.54, 1.807) is 11.1 Å². The lowest BCUT2D eigenvalue weighted by Crippen LogP contribution is -2.49. The molecule has 3 heterocycles. The molecule has 0 bridgehead atoms. The molecule has 166 valence electrons. The Morgan fingerprint density at radius 3 is 2.44 bits per heavy atom. The van der Waals surface area contributed by atoms with Crippen LogP contribution >= 0.6 is 0 Å². The molecular formula is C26H30N4O2. The van der Waals surface area contributed by atoms with Gasteiger partial charge in [0.1, 0.15) is 5.75 Å². The second-order valence-electron chi connectivity index (χ2n) is 8.22. The maximum atomic E-state index is 12.5. The highest BCUT2D eigenvalue weighted by atomic mass is 16.6. The van der Waals surface area contributed by atoms with Gasteiger partial charge in [0.05, 0.1) is 0 Å². The predicted octanol–water partition coefficient (Wildman–Crippen LogP) is 3.93. The van der Waals surface area contributed by atoms with Crippen LogP contribution in [-0.2, 0) is 19.3 Å². The SMILES string of the molecule is Cc1cccc(CCc2ccc(OC(=O)N3CCN(CCc4cccnc4)CC3)cc2)n1. The fourth-order valence-corrected chi connectivity index (χ4v) is 3.89. The van der Waals surface area contributed by atoms with E-state index in [1.165, 1.54) is 11.1 Å². The van der Waals surface area contributed by atoms with Gasteiger partial charge in [-0.15, -0.1) is 0 Å². The second kappa shape index (κ2) is 10.9. The van der Waals surface area contributed by atoms with E-state index in [4.69, 9.17) is 4.74 Å². The van der Waals surface area contributed by atoms with Crippen LogP contribution in [0.5, 0.6) is 5.75 Å². The first-order valence-electron chi connectivity index (χ1n) is 11.3. The molecule has 1 aliphatic rings. The number of benzene rings is 1. The molecule has 0 aliphatic carbocycles. The molecule has 32 heavy (non-hydrogen) atoms. The third kappa shape index (κ3) is 6.37. The summed E-state index contributed by atoms with van der Waals surface area (Å²) in [7, 11) is 0. The van der Waals surface area contributed by atoms with Crippen LogP contribution in [-0.4, -0.2) is 58.6 Å². The van der Waals surface area contributed by atoms with Gasteiger partial charge < -0.3 is 9.64 Å². The fourth-order valence-electron chi connectivity index (χ4n) is 3.89. The zero-order valence-corrected chi connectivity index (χ0v) is 18.6. The van der Waals surface area contributed by atoms with E-state index >= 15 is 0 Å². The number of hydrogen-bond donors (Lipinski definition) is 0. The highest BCUT2D eigenvalue weighted by molar-refractivity contribution is 5.70. The Labute approximate surface area is 189 Å². The highest BCUT2D eigenvalue weighted by Gasteiger charge is 2.22. The molecule has 6 heteroatoms. The van der Waals surface area contributed by atoms with Gasteiger partial charge in [-0.05, 0) is 67.6 Å². The summed E-state index contributed by atoms with van der Waals surface area (Å²) in [6.45, 7) is 6.09. The molecule has 6 nitrogen and oxygen atoms in total. The first-order chi connectivity index (χ1) is 15.7. The molecule has 0 unspecified atom stereocenters. The average molecular weight is 431 g/mol. The van der Waals surface area contributed by atoms with Crippen molar-refractivity contribution in [1.29, 1.82) is 0 Å². The predicted molar refractivity (Wildman–Crippen MR) is 125 cm³/mol. The van der Waals surface area contributed by atoms with Gasteiger partial charge in [-0.2, -0.15) is 0 Å². The average Bonchev–Trinajstić information content (AvgIpc) is 2.83. The number of carbonyl (C=O) groups is 1. The standard InChI is InChI=1S/C26H30N4O2/c1-21-4-2-6-24(28-21)10-7-22-8-11-25(12-9-22)32-26(31)30-18-16-29(17-19-30)15-13-23-5-3-14-27-20-23/h2-6,8-9,11-12,14,20H,7,10,13,15-19H2,1H3. The van der Waals surface area contributed by atoms with E-state index in [9.17, 15) is 4.79 Å². The molecular weight excluding hydrogens is 400 g/mol. The van der Waals surface area contributed by atoms with E-state index in [-0.39, 0.29) is 6.09 Å². The number of amides is 1. The third-order valence-electron chi connectivity index (χ3n) is 5.81. The molecule has 0 spiro atoms. The summed E-state index contributed by atoms with van der Waals surface area (Å²) >= 11 is 0. The second-order valence-corrected chi connectivity index (χ2v) is 8.22. The quantitative estimate of drug-likeness (QED) is 0.568. The van der Waals surface area contributed by atoms with Gasteiger partial charge in [0.25, 0.3) is 0 Å². The molecule has 1 saturated heterocycles. The molecule has 0 saturated carbocycles. The molecule has 0 N–H and O–H groups in total. The summed E-state index contributed by atoms with van der Waals surface area (Å²) in [5.74, 6) is 0.589. The Morgan fingerprint density at radius 2 is 1.72 bits per heavy atom. The number of pyridine rings is 2. The van der Waals surface area contributed by atoms with Gasteiger partial charge in [-0.1, -0.05) is 24.3 Å². The lowest BCUT2D eigenvalue weighted by molar-refractivity contribution is 0.111. The lowest BCUT2D eigenvalue weighted by Gasteiger charge is -2.34. The van der Waals surface area contributed by atoms with Crippen LogP contribution in [0.2, 0.25) is 0 Å². The van der Waals surface area contributed by atoms with E-state index < -0.39 is 0 Å². The minimum atomic E-state index is -0.270. The first kappa shape index (κ1) is 22.0. The maximum absolute atomic E-state index is 12.5. The van der Waals surface area contributed by atoms with Crippen molar-refractivity contribution in [3.8, 4) is 5.75 Å². The number of rotatable bonds is 7. The van der Waals surface area contributed by atoms with Crippen LogP contribution in [0.25, 0.3) is 0 Å². The van der Waals surface area contributed by atoms with Crippen molar-refractivity contribution in [1.82, 2.24) is 19.8 Å². The van der Waals surface area contributed by atoms with Gasteiger partial charge in [-0.25, -0.2) is 4.79 Å². The highest BCUT2D eigenvalue weighted by Crippen LogP contribution is 2.16. The van der Waals surface area contributed by atoms with Crippen LogP contribution in [0.4, 0.5) is 4.79 Å². The number of nitrogens with zero attached hydrogens (tertiary/aromatic N) is 4. The largest absolute Gasteiger partial charge is 0.415 e. The van der Waals surface area contributed by atoms with Crippen molar-refractivity contribution in [2.45, 2.75) is 26.2 Å². The zero-order chi connectivity index (χ0) is 22.2. The van der Waals surface area contributed by atoms with E-state index in [1.807, 2.05) is 55.6 Å². The molecule has 1 fully saturated rings. The number of hydrogen-bond acceptors (Lipinski definition) is 5.